The highest BCUT2D eigenvalue weighted by molar-refractivity contribution is 6.31. The first-order valence-electron chi connectivity index (χ1n) is 11.3. The van der Waals surface area contributed by atoms with E-state index in [0.29, 0.717) is 29.2 Å². The molecule has 3 N–H and O–H groups in total. The van der Waals surface area contributed by atoms with E-state index < -0.39 is 0 Å². The summed E-state index contributed by atoms with van der Waals surface area (Å²) in [5.41, 5.74) is 8.21. The van der Waals surface area contributed by atoms with E-state index in [1.807, 2.05) is 29.2 Å². The summed E-state index contributed by atoms with van der Waals surface area (Å²) in [5.74, 6) is -0.0436. The third-order valence-corrected chi connectivity index (χ3v) is 6.04. The van der Waals surface area contributed by atoms with Crippen molar-refractivity contribution in [1.29, 1.82) is 0 Å². The van der Waals surface area contributed by atoms with Crippen LogP contribution in [0.3, 0.4) is 0 Å². The number of nitrogens with one attached hydrogen (secondary N) is 1. The molecule has 0 aromatic heterocycles. The summed E-state index contributed by atoms with van der Waals surface area (Å²) >= 11 is 6.01. The molecule has 1 saturated carbocycles. The minimum Gasteiger partial charge on any atom is -0.335 e. The Morgan fingerprint density at radius 3 is 2.41 bits per heavy atom. The lowest BCUT2D eigenvalue weighted by Crippen LogP contribution is -2.44. The normalized spacial score (nSPS) is 18.8. The molecule has 0 aliphatic heterocycles. The molecule has 0 bridgehead atoms. The number of nitrogens with zero attached hydrogens (tertiary/aromatic N) is 1. The van der Waals surface area contributed by atoms with E-state index in [1.54, 1.807) is 24.3 Å². The van der Waals surface area contributed by atoms with Crippen LogP contribution in [-0.2, 0) is 11.3 Å². The van der Waals surface area contributed by atoms with Crippen LogP contribution in [0.5, 0.6) is 0 Å². The van der Waals surface area contributed by atoms with Crippen LogP contribution in [0.4, 0.5) is 5.69 Å². The van der Waals surface area contributed by atoms with Gasteiger partial charge in [0.05, 0.1) is 0 Å². The highest BCUT2D eigenvalue weighted by Crippen LogP contribution is 2.28. The summed E-state index contributed by atoms with van der Waals surface area (Å²) in [4.78, 5) is 27.9. The van der Waals surface area contributed by atoms with E-state index in [4.69, 9.17) is 17.3 Å². The average Bonchev–Trinajstić information content (AvgIpc) is 2.72. The Bertz CT molecular complexity index is 946. The van der Waals surface area contributed by atoms with Crippen molar-refractivity contribution in [2.45, 2.75) is 71.5 Å². The first-order valence-corrected chi connectivity index (χ1v) is 11.7. The highest BCUT2D eigenvalue weighted by Gasteiger charge is 2.30. The van der Waals surface area contributed by atoms with E-state index in [-0.39, 0.29) is 29.3 Å². The Morgan fingerprint density at radius 2 is 1.75 bits per heavy atom. The standard InChI is InChI=1S/C26H34ClN3O2/c1-26(2,3)16-24(31)30(23-12-10-21(28)11-13-23)17-18-6-4-9-22(14-18)29-25(32)19-7-5-8-20(27)15-19/h4-9,14-15,21,23H,10-13,16-17,28H2,1-3H3,(H,29,32). The number of halogens is 1. The van der Waals surface area contributed by atoms with Gasteiger partial charge in [0.2, 0.25) is 5.91 Å². The number of amides is 2. The number of nitrogens with two attached hydrogens (primary N) is 1. The molecular weight excluding hydrogens is 422 g/mol. The van der Waals surface area contributed by atoms with Gasteiger partial charge in [0, 0.05) is 41.3 Å². The van der Waals surface area contributed by atoms with Crippen LogP contribution in [0.2, 0.25) is 5.02 Å². The van der Waals surface area contributed by atoms with Gasteiger partial charge in [-0.15, -0.1) is 0 Å². The first kappa shape index (κ1) is 24.3. The third kappa shape index (κ3) is 7.07. The zero-order valence-electron chi connectivity index (χ0n) is 19.2. The number of anilines is 1. The van der Waals surface area contributed by atoms with Crippen molar-refractivity contribution in [2.24, 2.45) is 11.1 Å². The Hall–Kier alpha value is -2.37. The number of carbonyl (C=O) groups excluding carboxylic acids is 2. The summed E-state index contributed by atoms with van der Waals surface area (Å²) in [5, 5.41) is 3.45. The molecule has 0 saturated heterocycles. The second-order valence-corrected chi connectivity index (χ2v) is 10.4. The van der Waals surface area contributed by atoms with E-state index in [2.05, 4.69) is 26.1 Å². The van der Waals surface area contributed by atoms with Gasteiger partial charge in [-0.1, -0.05) is 50.6 Å². The van der Waals surface area contributed by atoms with Gasteiger partial charge < -0.3 is 16.0 Å². The van der Waals surface area contributed by atoms with E-state index >= 15 is 0 Å². The third-order valence-electron chi connectivity index (χ3n) is 5.81. The number of hydrogen-bond acceptors (Lipinski definition) is 3. The predicted octanol–water partition coefficient (Wildman–Crippen LogP) is 5.63. The summed E-state index contributed by atoms with van der Waals surface area (Å²) < 4.78 is 0. The fourth-order valence-corrected chi connectivity index (χ4v) is 4.36. The molecule has 0 heterocycles. The molecule has 0 atom stereocenters. The van der Waals surface area contributed by atoms with Gasteiger partial charge in [0.15, 0.2) is 0 Å². The molecule has 172 valence electrons. The maximum absolute atomic E-state index is 13.2. The van der Waals surface area contributed by atoms with Gasteiger partial charge in [-0.05, 0) is 67.0 Å². The molecule has 3 rings (SSSR count). The van der Waals surface area contributed by atoms with Crippen molar-refractivity contribution < 1.29 is 9.59 Å². The van der Waals surface area contributed by atoms with Crippen LogP contribution in [0.25, 0.3) is 0 Å². The molecule has 0 radical (unpaired) electrons. The van der Waals surface area contributed by atoms with Gasteiger partial charge in [-0.2, -0.15) is 0 Å². The van der Waals surface area contributed by atoms with Gasteiger partial charge in [-0.25, -0.2) is 0 Å². The molecule has 0 unspecified atom stereocenters. The maximum atomic E-state index is 13.2. The monoisotopic (exact) mass is 455 g/mol. The van der Waals surface area contributed by atoms with Gasteiger partial charge >= 0.3 is 0 Å². The van der Waals surface area contributed by atoms with E-state index in [0.717, 1.165) is 31.2 Å². The largest absolute Gasteiger partial charge is 0.335 e. The molecule has 1 aliphatic rings. The van der Waals surface area contributed by atoms with Crippen LogP contribution in [0, 0.1) is 5.41 Å². The predicted molar refractivity (Wildman–Crippen MR) is 131 cm³/mol. The molecular formula is C26H34ClN3O2. The quantitative estimate of drug-likeness (QED) is 0.592. The topological polar surface area (TPSA) is 75.4 Å². The Kier molecular flexibility index (Phi) is 7.96. The molecule has 1 aliphatic carbocycles. The SMILES string of the molecule is CC(C)(C)CC(=O)N(Cc1cccc(NC(=O)c2cccc(Cl)c2)c1)C1CCC(N)CC1. The smallest absolute Gasteiger partial charge is 0.255 e. The van der Waals surface area contributed by atoms with Crippen LogP contribution >= 0.6 is 11.6 Å². The van der Waals surface area contributed by atoms with Crippen molar-refractivity contribution in [2.75, 3.05) is 5.32 Å². The van der Waals surface area contributed by atoms with Gasteiger partial charge in [0.25, 0.3) is 5.91 Å². The zero-order chi connectivity index (χ0) is 23.3. The number of rotatable bonds is 6. The van der Waals surface area contributed by atoms with E-state index in [1.165, 1.54) is 0 Å². The Labute approximate surface area is 196 Å². The van der Waals surface area contributed by atoms with Crippen molar-refractivity contribution in [3.8, 4) is 0 Å². The van der Waals surface area contributed by atoms with Crippen molar-refractivity contribution in [3.63, 3.8) is 0 Å². The molecule has 2 aromatic rings. The zero-order valence-corrected chi connectivity index (χ0v) is 20.0. The second-order valence-electron chi connectivity index (χ2n) is 9.99. The molecule has 6 heteroatoms. The fourth-order valence-electron chi connectivity index (χ4n) is 4.17. The Balaban J connectivity index is 1.75. The lowest BCUT2D eigenvalue weighted by Gasteiger charge is -2.37. The number of benzene rings is 2. The minimum absolute atomic E-state index is 0.0762. The average molecular weight is 456 g/mol. The Morgan fingerprint density at radius 1 is 1.06 bits per heavy atom. The molecule has 5 nitrogen and oxygen atoms in total. The van der Waals surface area contributed by atoms with Crippen molar-refractivity contribution >= 4 is 29.1 Å². The van der Waals surface area contributed by atoms with Gasteiger partial charge in [0.1, 0.15) is 0 Å². The molecule has 2 amide bonds. The van der Waals surface area contributed by atoms with Crippen LogP contribution < -0.4 is 11.1 Å². The summed E-state index contributed by atoms with van der Waals surface area (Å²) in [6.07, 6.45) is 4.25. The molecule has 1 fully saturated rings. The summed E-state index contributed by atoms with van der Waals surface area (Å²) in [7, 11) is 0. The van der Waals surface area contributed by atoms with Crippen LogP contribution in [0.15, 0.2) is 48.5 Å². The summed E-state index contributed by atoms with van der Waals surface area (Å²) in [6.45, 7) is 6.79. The maximum Gasteiger partial charge on any atom is 0.255 e. The lowest BCUT2D eigenvalue weighted by molar-refractivity contribution is -0.137. The van der Waals surface area contributed by atoms with Crippen molar-refractivity contribution in [3.05, 3.63) is 64.7 Å². The van der Waals surface area contributed by atoms with E-state index in [9.17, 15) is 9.59 Å². The van der Waals surface area contributed by atoms with Crippen LogP contribution in [0.1, 0.15) is 68.8 Å². The number of carbonyl (C=O) groups is 2. The van der Waals surface area contributed by atoms with Crippen LogP contribution in [-0.4, -0.2) is 28.8 Å². The second kappa shape index (κ2) is 10.5. The lowest BCUT2D eigenvalue weighted by atomic mass is 9.88. The van der Waals surface area contributed by atoms with Gasteiger partial charge in [-0.3, -0.25) is 9.59 Å². The highest BCUT2D eigenvalue weighted by atomic mass is 35.5. The fraction of sp³-hybridized carbons (Fsp3) is 0.462. The minimum atomic E-state index is -0.216. The summed E-state index contributed by atoms with van der Waals surface area (Å²) in [6, 6.07) is 15.0. The molecule has 2 aromatic carbocycles. The van der Waals surface area contributed by atoms with Crippen molar-refractivity contribution in [1.82, 2.24) is 4.90 Å². The number of hydrogen-bond donors (Lipinski definition) is 2. The molecule has 32 heavy (non-hydrogen) atoms. The molecule has 0 spiro atoms. The first-order chi connectivity index (χ1) is 15.1.